The van der Waals surface area contributed by atoms with Gasteiger partial charge in [-0.05, 0) is 0 Å². The molecular formula is C84H87Cl2Zr2. The van der Waals surface area contributed by atoms with E-state index in [2.05, 4.69) is 221 Å². The molecule has 3 saturated carbocycles. The van der Waals surface area contributed by atoms with Crippen LogP contribution in [0.15, 0.2) is 199 Å². The van der Waals surface area contributed by atoms with Gasteiger partial charge in [0, 0.05) is 0 Å². The van der Waals surface area contributed by atoms with Gasteiger partial charge in [-0.15, -0.1) is 0 Å². The first-order valence-electron chi connectivity index (χ1n) is 34.1. The molecule has 6 aliphatic carbocycles. The third-order valence-corrected chi connectivity index (χ3v) is 32.9. The second-order valence-electron chi connectivity index (χ2n) is 27.9. The number of hydrogen-bond donors (Lipinski definition) is 0. The fourth-order valence-electron chi connectivity index (χ4n) is 18.9. The van der Waals surface area contributed by atoms with E-state index in [-0.39, 0.29) is 0 Å². The number of benzene rings is 9. The van der Waals surface area contributed by atoms with Crippen molar-refractivity contribution in [3.05, 3.63) is 232 Å². The molecule has 0 N–H and O–H groups in total. The predicted octanol–water partition coefficient (Wildman–Crippen LogP) is 26.1. The molecule has 3 unspecified atom stereocenters. The minimum atomic E-state index is -3.36. The van der Waals surface area contributed by atoms with Crippen molar-refractivity contribution in [1.82, 2.24) is 0 Å². The summed E-state index contributed by atoms with van der Waals surface area (Å²) in [7, 11) is 9.87. The quantitative estimate of drug-likeness (QED) is 0.0852. The molecule has 3 atom stereocenters. The fraction of sp³-hybridized carbons (Fsp3) is 0.357. The molecule has 4 heteroatoms. The second kappa shape index (κ2) is 26.5. The van der Waals surface area contributed by atoms with Crippen LogP contribution in [0.2, 0.25) is 0 Å². The second-order valence-corrected chi connectivity index (χ2v) is 38.3. The summed E-state index contributed by atoms with van der Waals surface area (Å²) in [5.41, 5.74) is 24.6. The normalized spacial score (nSPS) is 20.2. The molecule has 9 aromatic rings. The van der Waals surface area contributed by atoms with Crippen LogP contribution >= 0.6 is 17.0 Å². The molecule has 88 heavy (non-hydrogen) atoms. The van der Waals surface area contributed by atoms with Gasteiger partial charge < -0.3 is 0 Å². The predicted molar refractivity (Wildman–Crippen MR) is 373 cm³/mol. The topological polar surface area (TPSA) is 0 Å². The average molecular weight is 1350 g/mol. The Morgan fingerprint density at radius 3 is 0.966 bits per heavy atom. The van der Waals surface area contributed by atoms with Gasteiger partial charge in [-0.2, -0.15) is 0 Å². The standard InChI is InChI=1S/2C29H31.C26H25.2ClH.2Zr/c2*1-2-16-29(17-6-3-7-18-29)21-22-19-24-12-9-15-27(28(24)20-22)26-14-8-11-23-10-4-5-13-25(23)26;1-2-26(14-7-15-26)18-19-16-21-10-6-13-24(25(21)17-19)23-12-5-9-20-8-3-4-11-22(20)23;;;;/h2*4-5,8-15,19-20H,2-3,6-7,16-18,21H2,1H3;3-6,8-13,16-17H,2,7,14-15,18H2,1H3;2*1H;;/q;;;;;;+2/p-2. The van der Waals surface area contributed by atoms with E-state index in [1.165, 1.54) is 206 Å². The van der Waals surface area contributed by atoms with Crippen LogP contribution in [0.3, 0.4) is 0 Å². The summed E-state index contributed by atoms with van der Waals surface area (Å²) in [4.78, 5) is 0. The number of hydrogen-bond acceptors (Lipinski definition) is 0. The number of allylic oxidation sites excluding steroid dienone is 3. The van der Waals surface area contributed by atoms with Crippen LogP contribution in [0.1, 0.15) is 200 Å². The Balaban J connectivity index is 0.00000222. The van der Waals surface area contributed by atoms with Gasteiger partial charge in [-0.25, -0.2) is 0 Å². The van der Waals surface area contributed by atoms with Gasteiger partial charge in [0.1, 0.15) is 0 Å². The Kier molecular flexibility index (Phi) is 18.3. The fourth-order valence-corrected chi connectivity index (χ4v) is 30.4. The number of fused-ring (bicyclic) bond motifs is 6. The van der Waals surface area contributed by atoms with Gasteiger partial charge in [0.15, 0.2) is 0 Å². The maximum absolute atomic E-state index is 4.93. The Morgan fingerprint density at radius 1 is 0.352 bits per heavy atom. The van der Waals surface area contributed by atoms with Crippen LogP contribution in [0.4, 0.5) is 0 Å². The summed E-state index contributed by atoms with van der Waals surface area (Å²) in [5.74, 6) is 0. The van der Waals surface area contributed by atoms with Crippen LogP contribution < -0.4 is 0 Å². The van der Waals surface area contributed by atoms with Crippen LogP contribution in [-0.2, 0) is 42.6 Å². The molecule has 0 heterocycles. The first-order chi connectivity index (χ1) is 43.3. The molecule has 0 aromatic heterocycles. The third kappa shape index (κ3) is 11.4. The monoisotopic (exact) mass is 1350 g/mol. The molecule has 9 aromatic carbocycles. The molecule has 3 fully saturated rings. The molecule has 0 spiro atoms. The van der Waals surface area contributed by atoms with E-state index in [1.807, 2.05) is 11.1 Å². The van der Waals surface area contributed by atoms with E-state index in [4.69, 9.17) is 17.0 Å². The van der Waals surface area contributed by atoms with Crippen molar-refractivity contribution in [2.24, 2.45) is 16.2 Å². The Morgan fingerprint density at radius 2 is 0.648 bits per heavy atom. The molecule has 0 nitrogen and oxygen atoms in total. The summed E-state index contributed by atoms with van der Waals surface area (Å²) in [6.07, 6.45) is 36.6. The van der Waals surface area contributed by atoms with Crippen molar-refractivity contribution in [2.45, 2.75) is 166 Å². The van der Waals surface area contributed by atoms with Crippen molar-refractivity contribution in [3.63, 3.8) is 0 Å². The number of rotatable bonds is 17. The summed E-state index contributed by atoms with van der Waals surface area (Å²) in [6, 6.07) is 72.1. The van der Waals surface area contributed by atoms with Gasteiger partial charge >= 0.3 is 558 Å². The van der Waals surface area contributed by atoms with E-state index in [1.54, 1.807) is 33.4 Å². The van der Waals surface area contributed by atoms with E-state index in [0.29, 0.717) is 27.1 Å². The Bertz CT molecular complexity index is 3910. The Labute approximate surface area is 553 Å². The average Bonchev–Trinajstić information content (AvgIpc) is 1.58. The minimum absolute atomic E-state index is 0.333. The van der Waals surface area contributed by atoms with Gasteiger partial charge in [0.05, 0.1) is 0 Å². The third-order valence-electron chi connectivity index (χ3n) is 23.0. The summed E-state index contributed by atoms with van der Waals surface area (Å²) >= 11 is -4.19. The van der Waals surface area contributed by atoms with Crippen molar-refractivity contribution in [2.75, 3.05) is 0 Å². The summed E-state index contributed by atoms with van der Waals surface area (Å²) in [6.45, 7) is 7.53. The maximum atomic E-state index is 4.93. The van der Waals surface area contributed by atoms with Crippen LogP contribution in [0.5, 0.6) is 0 Å². The zero-order valence-electron chi connectivity index (χ0n) is 52.4. The van der Waals surface area contributed by atoms with Crippen LogP contribution in [0.25, 0.3) is 83.9 Å². The molecule has 6 aliphatic rings. The zero-order chi connectivity index (χ0) is 59.8. The SMILES string of the molecule is CCCC1(CC2=Cc3c(-c4cccc5ccccc45)cccc3[CH]2[Zr]([CH]2C(CC3(CC)CCC3)=Cc3c(-c4cccc5ccccc45)cccc32)[CH]2C(CC3(CCC)CCCCC3)=Cc3c(-c4cccc5ccccc45)cccc32)CCCCC1.[Cl][Zr][Cl]. The molecule has 0 saturated heterocycles. The zero-order valence-corrected chi connectivity index (χ0v) is 58.8. The molecule has 0 radical (unpaired) electrons. The molecule has 445 valence electrons. The van der Waals surface area contributed by atoms with Crippen molar-refractivity contribution < 1.29 is 42.6 Å². The van der Waals surface area contributed by atoms with E-state index in [0.717, 1.165) is 0 Å². The first kappa shape index (κ1) is 60.9. The Hall–Kier alpha value is -4.67. The van der Waals surface area contributed by atoms with Gasteiger partial charge in [0.2, 0.25) is 0 Å². The summed E-state index contributed by atoms with van der Waals surface area (Å²) in [5, 5.41) is 8.11. The van der Waals surface area contributed by atoms with Gasteiger partial charge in [0.25, 0.3) is 0 Å². The molecule has 15 rings (SSSR count). The molecule has 0 amide bonds. The van der Waals surface area contributed by atoms with Gasteiger partial charge in [-0.1, -0.05) is 0 Å². The van der Waals surface area contributed by atoms with Crippen LogP contribution in [0, 0.1) is 16.2 Å². The van der Waals surface area contributed by atoms with E-state index >= 15 is 0 Å². The van der Waals surface area contributed by atoms with Crippen LogP contribution in [-0.4, -0.2) is 0 Å². The summed E-state index contributed by atoms with van der Waals surface area (Å²) < 4.78 is 1.24. The first-order valence-corrected chi connectivity index (χ1v) is 44.7. The molecule has 0 aliphatic heterocycles. The van der Waals surface area contributed by atoms with Crippen molar-refractivity contribution in [1.29, 1.82) is 0 Å². The molecular weight excluding hydrogens is 1260 g/mol. The van der Waals surface area contributed by atoms with E-state index < -0.39 is 42.6 Å². The number of halogens is 2. The van der Waals surface area contributed by atoms with Gasteiger partial charge in [-0.3, -0.25) is 0 Å². The van der Waals surface area contributed by atoms with Crippen molar-refractivity contribution >= 4 is 67.6 Å². The van der Waals surface area contributed by atoms with Crippen molar-refractivity contribution in [3.8, 4) is 33.4 Å². The van der Waals surface area contributed by atoms with E-state index in [9.17, 15) is 0 Å². The molecule has 0 bridgehead atoms.